The highest BCUT2D eigenvalue weighted by molar-refractivity contribution is 9.10. The Labute approximate surface area is 96.9 Å². The van der Waals surface area contributed by atoms with Crippen LogP contribution in [0.25, 0.3) is 0 Å². The summed E-state index contributed by atoms with van der Waals surface area (Å²) in [5.41, 5.74) is -0.698. The van der Waals surface area contributed by atoms with E-state index in [-0.39, 0.29) is 0 Å². The van der Waals surface area contributed by atoms with Gasteiger partial charge in [-0.05, 0) is 31.5 Å². The highest BCUT2D eigenvalue weighted by Gasteiger charge is 2.34. The maximum absolute atomic E-state index is 11.1. The van der Waals surface area contributed by atoms with E-state index in [1.54, 1.807) is 18.2 Å². The fourth-order valence-electron chi connectivity index (χ4n) is 1.54. The minimum absolute atomic E-state index is 0.587. The van der Waals surface area contributed by atoms with Crippen LogP contribution in [0.1, 0.15) is 25.3 Å². The molecule has 1 rings (SSSR count). The SMILES string of the molecule is CC(C)(O)C(C(=O)O)c1cccc(Br)c1. The second kappa shape index (κ2) is 4.33. The van der Waals surface area contributed by atoms with Crippen molar-refractivity contribution in [3.8, 4) is 0 Å². The van der Waals surface area contributed by atoms with E-state index in [0.717, 1.165) is 4.47 Å². The van der Waals surface area contributed by atoms with Crippen LogP contribution in [0.2, 0.25) is 0 Å². The zero-order valence-corrected chi connectivity index (χ0v) is 10.2. The Morgan fingerprint density at radius 1 is 1.47 bits per heavy atom. The van der Waals surface area contributed by atoms with Gasteiger partial charge in [0.05, 0.1) is 5.60 Å². The summed E-state index contributed by atoms with van der Waals surface area (Å²) in [4.78, 5) is 11.1. The number of aliphatic hydroxyl groups is 1. The lowest BCUT2D eigenvalue weighted by atomic mass is 9.85. The average molecular weight is 273 g/mol. The molecule has 0 aliphatic carbocycles. The van der Waals surface area contributed by atoms with Gasteiger partial charge in [-0.15, -0.1) is 0 Å². The van der Waals surface area contributed by atoms with Gasteiger partial charge in [0, 0.05) is 4.47 Å². The fourth-order valence-corrected chi connectivity index (χ4v) is 1.96. The molecule has 4 heteroatoms. The summed E-state index contributed by atoms with van der Waals surface area (Å²) >= 11 is 3.27. The Kier molecular flexibility index (Phi) is 3.52. The Balaban J connectivity index is 3.16. The van der Waals surface area contributed by atoms with Gasteiger partial charge in [-0.3, -0.25) is 4.79 Å². The van der Waals surface area contributed by atoms with E-state index in [9.17, 15) is 9.90 Å². The second-order valence-electron chi connectivity index (χ2n) is 3.98. The zero-order valence-electron chi connectivity index (χ0n) is 8.57. The predicted octanol–water partition coefficient (Wildman–Crippen LogP) is 2.39. The quantitative estimate of drug-likeness (QED) is 0.889. The largest absolute Gasteiger partial charge is 0.481 e. The minimum Gasteiger partial charge on any atom is -0.481 e. The lowest BCUT2D eigenvalue weighted by Gasteiger charge is -2.26. The number of carbonyl (C=O) groups is 1. The summed E-state index contributed by atoms with van der Waals surface area (Å²) in [6, 6.07) is 6.96. The van der Waals surface area contributed by atoms with Crippen LogP contribution in [0, 0.1) is 0 Å². The van der Waals surface area contributed by atoms with Crippen LogP contribution in [-0.2, 0) is 4.79 Å². The molecule has 0 aliphatic heterocycles. The topological polar surface area (TPSA) is 57.5 Å². The maximum Gasteiger partial charge on any atom is 0.313 e. The second-order valence-corrected chi connectivity index (χ2v) is 4.90. The van der Waals surface area contributed by atoms with Crippen molar-refractivity contribution in [2.75, 3.05) is 0 Å². The fraction of sp³-hybridized carbons (Fsp3) is 0.364. The zero-order chi connectivity index (χ0) is 11.6. The van der Waals surface area contributed by atoms with Gasteiger partial charge in [0.2, 0.25) is 0 Å². The molecule has 0 saturated heterocycles. The molecule has 82 valence electrons. The van der Waals surface area contributed by atoms with Gasteiger partial charge < -0.3 is 10.2 Å². The normalized spacial score (nSPS) is 13.6. The van der Waals surface area contributed by atoms with E-state index in [0.29, 0.717) is 5.56 Å². The first-order valence-electron chi connectivity index (χ1n) is 4.53. The lowest BCUT2D eigenvalue weighted by Crippen LogP contribution is -2.34. The van der Waals surface area contributed by atoms with Crippen molar-refractivity contribution in [2.45, 2.75) is 25.4 Å². The first kappa shape index (κ1) is 12.2. The van der Waals surface area contributed by atoms with Crippen LogP contribution < -0.4 is 0 Å². The van der Waals surface area contributed by atoms with E-state index in [1.807, 2.05) is 6.07 Å². The van der Waals surface area contributed by atoms with Crippen molar-refractivity contribution in [1.29, 1.82) is 0 Å². The van der Waals surface area contributed by atoms with E-state index in [2.05, 4.69) is 15.9 Å². The van der Waals surface area contributed by atoms with E-state index < -0.39 is 17.5 Å². The number of carboxylic acids is 1. The Morgan fingerprint density at radius 3 is 2.47 bits per heavy atom. The lowest BCUT2D eigenvalue weighted by molar-refractivity contribution is -0.144. The molecule has 0 fully saturated rings. The van der Waals surface area contributed by atoms with Crippen molar-refractivity contribution in [2.24, 2.45) is 0 Å². The summed E-state index contributed by atoms with van der Waals surface area (Å²) < 4.78 is 0.801. The molecular formula is C11H13BrO3. The van der Waals surface area contributed by atoms with Gasteiger partial charge in [0.1, 0.15) is 5.92 Å². The predicted molar refractivity (Wildman–Crippen MR) is 60.8 cm³/mol. The van der Waals surface area contributed by atoms with Gasteiger partial charge in [0.15, 0.2) is 0 Å². The van der Waals surface area contributed by atoms with Crippen molar-refractivity contribution in [3.05, 3.63) is 34.3 Å². The number of aliphatic carboxylic acids is 1. The molecule has 0 spiro atoms. The summed E-state index contributed by atoms with van der Waals surface area (Å²) in [5, 5.41) is 18.9. The molecule has 0 heterocycles. The van der Waals surface area contributed by atoms with Crippen molar-refractivity contribution >= 4 is 21.9 Å². The molecule has 0 saturated carbocycles. The summed E-state index contributed by atoms with van der Waals surface area (Å²) in [7, 11) is 0. The average Bonchev–Trinajstić information content (AvgIpc) is 1.99. The van der Waals surface area contributed by atoms with Crippen LogP contribution >= 0.6 is 15.9 Å². The van der Waals surface area contributed by atoms with Gasteiger partial charge in [-0.2, -0.15) is 0 Å². The highest BCUT2D eigenvalue weighted by Crippen LogP contribution is 2.29. The first-order valence-corrected chi connectivity index (χ1v) is 5.32. The molecule has 1 aromatic rings. The third-order valence-corrected chi connectivity index (χ3v) is 2.63. The van der Waals surface area contributed by atoms with Crippen molar-refractivity contribution in [1.82, 2.24) is 0 Å². The standard InChI is InChI=1S/C11H13BrO3/c1-11(2,15)9(10(13)14)7-4-3-5-8(12)6-7/h3-6,9,15H,1-2H3,(H,13,14). The molecule has 1 unspecified atom stereocenters. The monoisotopic (exact) mass is 272 g/mol. The minimum atomic E-state index is -1.29. The Bertz CT molecular complexity index is 368. The number of rotatable bonds is 3. The smallest absolute Gasteiger partial charge is 0.313 e. The van der Waals surface area contributed by atoms with Gasteiger partial charge in [-0.25, -0.2) is 0 Å². The Morgan fingerprint density at radius 2 is 2.07 bits per heavy atom. The van der Waals surface area contributed by atoms with Gasteiger partial charge in [-0.1, -0.05) is 28.1 Å². The number of benzene rings is 1. The molecule has 0 aliphatic rings. The van der Waals surface area contributed by atoms with Crippen LogP contribution in [0.4, 0.5) is 0 Å². The number of carboxylic acid groups (broad SMARTS) is 1. The van der Waals surface area contributed by atoms with Crippen LogP contribution in [0.3, 0.4) is 0 Å². The highest BCUT2D eigenvalue weighted by atomic mass is 79.9. The molecular weight excluding hydrogens is 260 g/mol. The van der Waals surface area contributed by atoms with E-state index >= 15 is 0 Å². The van der Waals surface area contributed by atoms with Crippen molar-refractivity contribution < 1.29 is 15.0 Å². The Hall–Kier alpha value is -0.870. The van der Waals surface area contributed by atoms with Crippen LogP contribution in [0.15, 0.2) is 28.7 Å². The molecule has 1 aromatic carbocycles. The van der Waals surface area contributed by atoms with Crippen molar-refractivity contribution in [3.63, 3.8) is 0 Å². The molecule has 2 N–H and O–H groups in total. The number of halogens is 1. The summed E-state index contributed by atoms with van der Waals surface area (Å²) in [6.45, 7) is 2.99. The summed E-state index contributed by atoms with van der Waals surface area (Å²) in [5.74, 6) is -1.95. The summed E-state index contributed by atoms with van der Waals surface area (Å²) in [6.07, 6.45) is 0. The number of hydrogen-bond acceptors (Lipinski definition) is 2. The van der Waals surface area contributed by atoms with Crippen LogP contribution in [-0.4, -0.2) is 21.8 Å². The van der Waals surface area contributed by atoms with Gasteiger partial charge in [0.25, 0.3) is 0 Å². The van der Waals surface area contributed by atoms with Gasteiger partial charge >= 0.3 is 5.97 Å². The first-order chi connectivity index (χ1) is 6.82. The molecule has 1 atom stereocenters. The third kappa shape index (κ3) is 3.04. The van der Waals surface area contributed by atoms with Crippen LogP contribution in [0.5, 0.6) is 0 Å². The molecule has 0 bridgehead atoms. The van der Waals surface area contributed by atoms with E-state index in [4.69, 9.17) is 5.11 Å². The molecule has 3 nitrogen and oxygen atoms in total. The number of hydrogen-bond donors (Lipinski definition) is 2. The van der Waals surface area contributed by atoms with E-state index in [1.165, 1.54) is 13.8 Å². The molecule has 0 aromatic heterocycles. The maximum atomic E-state index is 11.1. The molecule has 0 radical (unpaired) electrons. The molecule has 15 heavy (non-hydrogen) atoms. The molecule has 0 amide bonds. The third-order valence-electron chi connectivity index (χ3n) is 2.14.